The minimum Gasteiger partial charge on any atom is -0.484 e. The fraction of sp³-hybridized carbons (Fsp3) is 0.611. The summed E-state index contributed by atoms with van der Waals surface area (Å²) in [6, 6.07) is 5.20. The van der Waals surface area contributed by atoms with Gasteiger partial charge in [-0.25, -0.2) is 0 Å². The third kappa shape index (κ3) is 9.50. The molecule has 5 nitrogen and oxygen atoms in total. The number of nitrogens with one attached hydrogen (secondary N) is 2. The summed E-state index contributed by atoms with van der Waals surface area (Å²) >= 11 is 0. The summed E-state index contributed by atoms with van der Waals surface area (Å²) in [5.41, 5.74) is 1.39. The van der Waals surface area contributed by atoms with E-state index in [2.05, 4.69) is 34.4 Å². The Kier molecular flexibility index (Phi) is 10.4. The highest BCUT2D eigenvalue weighted by Crippen LogP contribution is 2.23. The van der Waals surface area contributed by atoms with Crippen LogP contribution < -0.4 is 15.4 Å². The second-order valence-electron chi connectivity index (χ2n) is 7.00. The summed E-state index contributed by atoms with van der Waals surface area (Å²) in [5, 5.41) is 6.34. The van der Waals surface area contributed by atoms with Crippen molar-refractivity contribution in [3.8, 4) is 5.75 Å². The lowest BCUT2D eigenvalue weighted by molar-refractivity contribution is -0.153. The second kappa shape index (κ2) is 10.9. The van der Waals surface area contributed by atoms with Crippen LogP contribution in [0.5, 0.6) is 5.75 Å². The smallest absolute Gasteiger partial charge is 0.422 e. The Labute approximate surface area is 176 Å². The van der Waals surface area contributed by atoms with Gasteiger partial charge in [0.2, 0.25) is 0 Å². The van der Waals surface area contributed by atoms with Crippen LogP contribution in [0, 0.1) is 6.92 Å². The van der Waals surface area contributed by atoms with E-state index in [0.29, 0.717) is 24.6 Å². The normalized spacial score (nSPS) is 12.6. The third-order valence-electron chi connectivity index (χ3n) is 4.18. The maximum absolute atomic E-state index is 12.4. The van der Waals surface area contributed by atoms with E-state index in [0.717, 1.165) is 5.56 Å². The first-order valence-electron chi connectivity index (χ1n) is 8.35. The van der Waals surface area contributed by atoms with Gasteiger partial charge in [-0.05, 0) is 46.5 Å². The van der Waals surface area contributed by atoms with E-state index >= 15 is 0 Å². The Morgan fingerprint density at radius 2 is 1.81 bits per heavy atom. The van der Waals surface area contributed by atoms with Gasteiger partial charge in [-0.2, -0.15) is 13.2 Å². The molecule has 0 aliphatic heterocycles. The molecule has 0 saturated carbocycles. The summed E-state index contributed by atoms with van der Waals surface area (Å²) in [7, 11) is 5.64. The van der Waals surface area contributed by atoms with Gasteiger partial charge >= 0.3 is 6.18 Å². The Morgan fingerprint density at radius 3 is 2.33 bits per heavy atom. The maximum Gasteiger partial charge on any atom is 0.422 e. The van der Waals surface area contributed by atoms with Crippen LogP contribution in [-0.4, -0.2) is 56.9 Å². The van der Waals surface area contributed by atoms with Crippen molar-refractivity contribution in [1.29, 1.82) is 0 Å². The van der Waals surface area contributed by atoms with E-state index in [1.54, 1.807) is 19.2 Å². The quantitative estimate of drug-likeness (QED) is 0.340. The van der Waals surface area contributed by atoms with Crippen LogP contribution >= 0.6 is 24.0 Å². The maximum atomic E-state index is 12.4. The van der Waals surface area contributed by atoms with E-state index in [9.17, 15) is 13.2 Å². The molecule has 0 fully saturated rings. The van der Waals surface area contributed by atoms with Gasteiger partial charge < -0.3 is 20.3 Å². The molecule has 27 heavy (non-hydrogen) atoms. The number of guanidine groups is 1. The average Bonchev–Trinajstić information content (AvgIpc) is 2.53. The van der Waals surface area contributed by atoms with Crippen LogP contribution in [-0.2, 0) is 6.54 Å². The molecular formula is C18H30F3IN4O. The van der Waals surface area contributed by atoms with Gasteiger partial charge in [-0.15, -0.1) is 24.0 Å². The van der Waals surface area contributed by atoms with Crippen molar-refractivity contribution in [1.82, 2.24) is 15.5 Å². The number of aliphatic imine (C=N–C) groups is 1. The molecule has 0 radical (unpaired) electrons. The van der Waals surface area contributed by atoms with Gasteiger partial charge in [0.05, 0.1) is 0 Å². The van der Waals surface area contributed by atoms with Crippen molar-refractivity contribution in [2.75, 3.05) is 34.3 Å². The number of aryl methyl sites for hydroxylation is 1. The molecule has 1 aromatic rings. The van der Waals surface area contributed by atoms with Crippen LogP contribution in [0.3, 0.4) is 0 Å². The van der Waals surface area contributed by atoms with Crippen LogP contribution in [0.25, 0.3) is 0 Å². The first-order chi connectivity index (χ1) is 11.9. The van der Waals surface area contributed by atoms with Crippen molar-refractivity contribution in [2.45, 2.75) is 39.0 Å². The van der Waals surface area contributed by atoms with Gasteiger partial charge in [0.25, 0.3) is 0 Å². The highest BCUT2D eigenvalue weighted by Gasteiger charge is 2.28. The number of hydrogen-bond donors (Lipinski definition) is 2. The molecule has 0 spiro atoms. The molecule has 0 amide bonds. The SMILES string of the molecule is CN=C(NCc1ccc(C)cc1OCC(F)(F)F)NCC(C)(C)N(C)C.I. The molecule has 1 aromatic carbocycles. The number of benzene rings is 1. The van der Waals surface area contributed by atoms with E-state index in [1.807, 2.05) is 27.1 Å². The number of likely N-dealkylation sites (N-methyl/N-ethyl adjacent to an activating group) is 1. The Morgan fingerprint density at radius 1 is 1.19 bits per heavy atom. The molecule has 2 N–H and O–H groups in total. The van der Waals surface area contributed by atoms with E-state index < -0.39 is 12.8 Å². The van der Waals surface area contributed by atoms with Crippen LogP contribution in [0.15, 0.2) is 23.2 Å². The first kappa shape index (κ1) is 25.8. The first-order valence-corrected chi connectivity index (χ1v) is 8.35. The second-order valence-corrected chi connectivity index (χ2v) is 7.00. The molecule has 0 atom stereocenters. The topological polar surface area (TPSA) is 48.9 Å². The standard InChI is InChI=1S/C18H29F3N4O.HI/c1-13-7-8-14(15(9-13)26-12-18(19,20)21)10-23-16(22-4)24-11-17(2,3)25(5)6;/h7-9H,10-12H2,1-6H3,(H2,22,23,24);1H. The van der Waals surface area contributed by atoms with E-state index in [4.69, 9.17) is 4.74 Å². The van der Waals surface area contributed by atoms with Crippen molar-refractivity contribution >= 4 is 29.9 Å². The zero-order chi connectivity index (χ0) is 20.0. The molecule has 0 heterocycles. The monoisotopic (exact) mass is 502 g/mol. The zero-order valence-electron chi connectivity index (χ0n) is 16.7. The number of hydrogen-bond acceptors (Lipinski definition) is 3. The lowest BCUT2D eigenvalue weighted by Gasteiger charge is -2.33. The Hall–Kier alpha value is -1.23. The summed E-state index contributed by atoms with van der Waals surface area (Å²) in [4.78, 5) is 6.25. The summed E-state index contributed by atoms with van der Waals surface area (Å²) in [5.74, 6) is 0.793. The van der Waals surface area contributed by atoms with Gasteiger partial charge in [-0.1, -0.05) is 12.1 Å². The molecule has 0 aromatic heterocycles. The highest BCUT2D eigenvalue weighted by molar-refractivity contribution is 14.0. The van der Waals surface area contributed by atoms with Crippen molar-refractivity contribution in [3.05, 3.63) is 29.3 Å². The number of alkyl halides is 3. The minimum absolute atomic E-state index is 0. The van der Waals surface area contributed by atoms with Gasteiger partial charge in [-0.3, -0.25) is 4.99 Å². The fourth-order valence-corrected chi connectivity index (χ4v) is 1.96. The molecule has 0 aliphatic rings. The molecule has 156 valence electrons. The third-order valence-corrected chi connectivity index (χ3v) is 4.18. The molecule has 0 bridgehead atoms. The fourth-order valence-electron chi connectivity index (χ4n) is 1.96. The largest absolute Gasteiger partial charge is 0.484 e. The van der Waals surface area contributed by atoms with Crippen LogP contribution in [0.1, 0.15) is 25.0 Å². The van der Waals surface area contributed by atoms with Crippen molar-refractivity contribution < 1.29 is 17.9 Å². The molecule has 0 unspecified atom stereocenters. The predicted molar refractivity (Wildman–Crippen MR) is 114 cm³/mol. The number of halogens is 4. The molecule has 0 saturated heterocycles. The molecule has 1 rings (SSSR count). The Balaban J connectivity index is 0.00000676. The van der Waals surface area contributed by atoms with Crippen molar-refractivity contribution in [2.24, 2.45) is 4.99 Å². The summed E-state index contributed by atoms with van der Waals surface area (Å²) < 4.78 is 42.3. The average molecular weight is 502 g/mol. The predicted octanol–water partition coefficient (Wildman–Crippen LogP) is 3.56. The van der Waals surface area contributed by atoms with Crippen LogP contribution in [0.4, 0.5) is 13.2 Å². The van der Waals surface area contributed by atoms with Gasteiger partial charge in [0.1, 0.15) is 5.75 Å². The lowest BCUT2D eigenvalue weighted by Crippen LogP contribution is -2.50. The highest BCUT2D eigenvalue weighted by atomic mass is 127. The Bertz CT molecular complexity index is 619. The van der Waals surface area contributed by atoms with E-state index in [1.165, 1.54) is 0 Å². The van der Waals surface area contributed by atoms with Crippen molar-refractivity contribution in [3.63, 3.8) is 0 Å². The number of rotatable bonds is 7. The number of nitrogens with zero attached hydrogens (tertiary/aromatic N) is 2. The molecule has 0 aliphatic carbocycles. The van der Waals surface area contributed by atoms with E-state index in [-0.39, 0.29) is 35.3 Å². The van der Waals surface area contributed by atoms with Crippen LogP contribution in [0.2, 0.25) is 0 Å². The molecule has 9 heteroatoms. The minimum atomic E-state index is -4.37. The summed E-state index contributed by atoms with van der Waals surface area (Å²) in [6.45, 7) is 5.64. The van der Waals surface area contributed by atoms with Gasteiger partial charge in [0, 0.05) is 31.2 Å². The zero-order valence-corrected chi connectivity index (χ0v) is 19.0. The molecular weight excluding hydrogens is 472 g/mol. The number of ether oxygens (including phenoxy) is 1. The summed E-state index contributed by atoms with van der Waals surface area (Å²) in [6.07, 6.45) is -4.37. The lowest BCUT2D eigenvalue weighted by atomic mass is 10.0. The van der Waals surface area contributed by atoms with Gasteiger partial charge in [0.15, 0.2) is 12.6 Å².